The third kappa shape index (κ3) is 2.13. The summed E-state index contributed by atoms with van der Waals surface area (Å²) in [6.45, 7) is 3.81. The maximum atomic E-state index is 13.0. The smallest absolute Gasteiger partial charge is 0.125 e. The second-order valence-electron chi connectivity index (χ2n) is 4.00. The van der Waals surface area contributed by atoms with E-state index < -0.39 is 0 Å². The van der Waals surface area contributed by atoms with E-state index >= 15 is 0 Å². The highest BCUT2D eigenvalue weighted by atomic mass is 35.5. The van der Waals surface area contributed by atoms with Gasteiger partial charge in [0.2, 0.25) is 0 Å². The Kier molecular flexibility index (Phi) is 3.07. The van der Waals surface area contributed by atoms with Gasteiger partial charge >= 0.3 is 0 Å². The molecule has 3 nitrogen and oxygen atoms in total. The van der Waals surface area contributed by atoms with Crippen LogP contribution in [0.25, 0.3) is 0 Å². The molecule has 0 bridgehead atoms. The minimum Gasteiger partial charge on any atom is -0.384 e. The molecule has 90 valence electrons. The first kappa shape index (κ1) is 11.9. The highest BCUT2D eigenvalue weighted by molar-refractivity contribution is 6.31. The van der Waals surface area contributed by atoms with Crippen LogP contribution in [0.3, 0.4) is 0 Å². The Morgan fingerprint density at radius 1 is 1.47 bits per heavy atom. The number of anilines is 1. The van der Waals surface area contributed by atoms with Gasteiger partial charge in [-0.05, 0) is 31.5 Å². The molecule has 0 aliphatic rings. The van der Waals surface area contributed by atoms with E-state index in [1.54, 1.807) is 16.9 Å². The van der Waals surface area contributed by atoms with Gasteiger partial charge in [-0.3, -0.25) is 0 Å². The number of benzene rings is 1. The molecular formula is C12H13ClFN3. The van der Waals surface area contributed by atoms with Crippen molar-refractivity contribution in [3.8, 4) is 0 Å². The van der Waals surface area contributed by atoms with E-state index in [2.05, 4.69) is 5.10 Å². The highest BCUT2D eigenvalue weighted by Gasteiger charge is 2.15. The van der Waals surface area contributed by atoms with E-state index in [4.69, 9.17) is 17.3 Å². The molecular weight excluding hydrogens is 241 g/mol. The van der Waals surface area contributed by atoms with Gasteiger partial charge in [-0.15, -0.1) is 0 Å². The molecule has 0 fully saturated rings. The van der Waals surface area contributed by atoms with E-state index in [1.165, 1.54) is 12.1 Å². The van der Waals surface area contributed by atoms with Gasteiger partial charge in [0, 0.05) is 10.6 Å². The van der Waals surface area contributed by atoms with Crippen molar-refractivity contribution in [2.24, 2.45) is 0 Å². The van der Waals surface area contributed by atoms with Crippen molar-refractivity contribution in [1.29, 1.82) is 0 Å². The Hall–Kier alpha value is -1.55. The molecule has 1 atom stereocenters. The molecule has 0 spiro atoms. The number of hydrogen-bond donors (Lipinski definition) is 1. The molecule has 0 aliphatic heterocycles. The molecule has 1 aromatic heterocycles. The SMILES string of the molecule is Cc1cnn(C(C)c2ccc(F)cc2Cl)c1N. The van der Waals surface area contributed by atoms with Crippen LogP contribution in [0.2, 0.25) is 5.02 Å². The van der Waals surface area contributed by atoms with Crippen LogP contribution in [0.5, 0.6) is 0 Å². The summed E-state index contributed by atoms with van der Waals surface area (Å²) < 4.78 is 14.6. The first-order chi connectivity index (χ1) is 8.00. The van der Waals surface area contributed by atoms with E-state index in [1.807, 2.05) is 13.8 Å². The third-order valence-electron chi connectivity index (χ3n) is 2.81. The maximum absolute atomic E-state index is 13.0. The molecule has 0 saturated heterocycles. The summed E-state index contributed by atoms with van der Waals surface area (Å²) in [6, 6.07) is 4.19. The zero-order chi connectivity index (χ0) is 12.6. The number of hydrogen-bond acceptors (Lipinski definition) is 2. The fourth-order valence-electron chi connectivity index (χ4n) is 1.74. The van der Waals surface area contributed by atoms with Crippen LogP contribution in [0.4, 0.5) is 10.2 Å². The van der Waals surface area contributed by atoms with Crippen LogP contribution in [-0.2, 0) is 0 Å². The van der Waals surface area contributed by atoms with Crippen LogP contribution in [-0.4, -0.2) is 9.78 Å². The monoisotopic (exact) mass is 253 g/mol. The third-order valence-corrected chi connectivity index (χ3v) is 3.13. The summed E-state index contributed by atoms with van der Waals surface area (Å²) >= 11 is 6.01. The number of aromatic nitrogens is 2. The topological polar surface area (TPSA) is 43.8 Å². The summed E-state index contributed by atoms with van der Waals surface area (Å²) in [5.74, 6) is 0.244. The van der Waals surface area contributed by atoms with E-state index in [0.29, 0.717) is 10.8 Å². The van der Waals surface area contributed by atoms with Crippen molar-refractivity contribution in [2.75, 3.05) is 5.73 Å². The number of nitrogens with zero attached hydrogens (tertiary/aromatic N) is 2. The molecule has 2 N–H and O–H groups in total. The average Bonchev–Trinajstić information content (AvgIpc) is 2.59. The summed E-state index contributed by atoms with van der Waals surface area (Å²) in [5.41, 5.74) is 7.61. The van der Waals surface area contributed by atoms with Gasteiger partial charge in [-0.1, -0.05) is 17.7 Å². The second-order valence-corrected chi connectivity index (χ2v) is 4.41. The second kappa shape index (κ2) is 4.37. The van der Waals surface area contributed by atoms with Crippen LogP contribution >= 0.6 is 11.6 Å². The minimum absolute atomic E-state index is 0.128. The van der Waals surface area contributed by atoms with Gasteiger partial charge < -0.3 is 5.73 Å². The van der Waals surface area contributed by atoms with Crippen molar-refractivity contribution < 1.29 is 4.39 Å². The molecule has 0 amide bonds. The average molecular weight is 254 g/mol. The lowest BCUT2D eigenvalue weighted by atomic mass is 10.1. The minimum atomic E-state index is -0.351. The van der Waals surface area contributed by atoms with Crippen molar-refractivity contribution in [3.05, 3.63) is 46.4 Å². The zero-order valence-corrected chi connectivity index (χ0v) is 10.4. The van der Waals surface area contributed by atoms with Gasteiger partial charge in [0.25, 0.3) is 0 Å². The molecule has 1 heterocycles. The lowest BCUT2D eigenvalue weighted by Gasteiger charge is -2.16. The first-order valence-corrected chi connectivity index (χ1v) is 5.63. The molecule has 0 saturated carbocycles. The van der Waals surface area contributed by atoms with Crippen molar-refractivity contribution in [3.63, 3.8) is 0 Å². The lowest BCUT2D eigenvalue weighted by Crippen LogP contribution is -2.12. The van der Waals surface area contributed by atoms with Crippen molar-refractivity contribution in [2.45, 2.75) is 19.9 Å². The Bertz CT molecular complexity index is 551. The van der Waals surface area contributed by atoms with Gasteiger partial charge in [0.05, 0.1) is 12.2 Å². The largest absolute Gasteiger partial charge is 0.384 e. The fourth-order valence-corrected chi connectivity index (χ4v) is 2.06. The van der Waals surface area contributed by atoms with Crippen LogP contribution < -0.4 is 5.73 Å². The van der Waals surface area contributed by atoms with Gasteiger partial charge in [-0.2, -0.15) is 5.10 Å². The molecule has 0 aliphatic carbocycles. The Labute approximate surface area is 104 Å². The molecule has 2 rings (SSSR count). The lowest BCUT2D eigenvalue weighted by molar-refractivity contribution is 0.569. The van der Waals surface area contributed by atoms with Gasteiger partial charge in [-0.25, -0.2) is 9.07 Å². The summed E-state index contributed by atoms with van der Waals surface area (Å²) in [6.07, 6.45) is 1.70. The number of halogens is 2. The van der Waals surface area contributed by atoms with E-state index in [9.17, 15) is 4.39 Å². The highest BCUT2D eigenvalue weighted by Crippen LogP contribution is 2.28. The van der Waals surface area contributed by atoms with Crippen LogP contribution in [0, 0.1) is 12.7 Å². The predicted molar refractivity (Wildman–Crippen MR) is 66.6 cm³/mol. The maximum Gasteiger partial charge on any atom is 0.125 e. The molecule has 5 heteroatoms. The Balaban J connectivity index is 2.43. The van der Waals surface area contributed by atoms with Crippen LogP contribution in [0.1, 0.15) is 24.1 Å². The zero-order valence-electron chi connectivity index (χ0n) is 9.61. The van der Waals surface area contributed by atoms with Crippen molar-refractivity contribution >= 4 is 17.4 Å². The number of nitrogens with two attached hydrogens (primary N) is 1. The first-order valence-electron chi connectivity index (χ1n) is 5.25. The van der Waals surface area contributed by atoms with E-state index in [-0.39, 0.29) is 11.9 Å². The number of aryl methyl sites for hydroxylation is 1. The van der Waals surface area contributed by atoms with Crippen molar-refractivity contribution in [1.82, 2.24) is 9.78 Å². The standard InChI is InChI=1S/C12H13ClFN3/c1-7-6-16-17(12(7)15)8(2)10-4-3-9(14)5-11(10)13/h3-6,8H,15H2,1-2H3. The van der Waals surface area contributed by atoms with Crippen LogP contribution in [0.15, 0.2) is 24.4 Å². The van der Waals surface area contributed by atoms with E-state index in [0.717, 1.165) is 11.1 Å². The molecule has 17 heavy (non-hydrogen) atoms. The molecule has 1 unspecified atom stereocenters. The molecule has 1 aromatic carbocycles. The Morgan fingerprint density at radius 3 is 2.71 bits per heavy atom. The fraction of sp³-hybridized carbons (Fsp3) is 0.250. The quantitative estimate of drug-likeness (QED) is 0.893. The summed E-state index contributed by atoms with van der Waals surface area (Å²) in [7, 11) is 0. The predicted octanol–water partition coefficient (Wildman–Crippen LogP) is 3.18. The summed E-state index contributed by atoms with van der Waals surface area (Å²) in [5, 5.41) is 4.57. The molecule has 0 radical (unpaired) electrons. The van der Waals surface area contributed by atoms with Gasteiger partial charge in [0.1, 0.15) is 11.6 Å². The number of nitrogen functional groups attached to an aromatic ring is 1. The summed E-state index contributed by atoms with van der Waals surface area (Å²) in [4.78, 5) is 0. The number of rotatable bonds is 2. The molecule has 2 aromatic rings. The normalized spacial score (nSPS) is 12.7. The Morgan fingerprint density at radius 2 is 2.18 bits per heavy atom. The van der Waals surface area contributed by atoms with Gasteiger partial charge in [0.15, 0.2) is 0 Å².